The summed E-state index contributed by atoms with van der Waals surface area (Å²) in [4.78, 5) is 185. The molecular formula is C57H86N16O18. The van der Waals surface area contributed by atoms with Gasteiger partial charge in [0.2, 0.25) is 70.9 Å². The van der Waals surface area contributed by atoms with Gasteiger partial charge in [0.25, 0.3) is 0 Å². The lowest BCUT2D eigenvalue weighted by atomic mass is 9.94. The average molecular weight is 1280 g/mol. The molecule has 91 heavy (non-hydrogen) atoms. The molecule has 2 fully saturated rings. The molecular weight excluding hydrogens is 1200 g/mol. The second-order valence-electron chi connectivity index (χ2n) is 22.4. The van der Waals surface area contributed by atoms with Gasteiger partial charge < -0.3 is 101 Å². The summed E-state index contributed by atoms with van der Waals surface area (Å²) >= 11 is 0. The number of phenols is 1. The molecule has 13 amide bonds. The van der Waals surface area contributed by atoms with Crippen LogP contribution < -0.4 is 75.7 Å². The number of carboxylic acid groups (broad SMARTS) is 1. The molecule has 1 heterocycles. The molecule has 0 radical (unpaired) electrons. The first-order valence-corrected chi connectivity index (χ1v) is 29.8. The van der Waals surface area contributed by atoms with E-state index in [0.717, 1.165) is 30.6 Å². The number of benzene rings is 1. The Bertz CT molecular complexity index is 2840. The van der Waals surface area contributed by atoms with Gasteiger partial charge in [-0.1, -0.05) is 31.2 Å². The van der Waals surface area contributed by atoms with Crippen LogP contribution in [0.5, 0.6) is 5.75 Å². The van der Waals surface area contributed by atoms with Crippen LogP contribution in [-0.4, -0.2) is 211 Å². The number of carboxylic acids is 1. The first kappa shape index (κ1) is 73.8. The van der Waals surface area contributed by atoms with E-state index in [4.69, 9.17) is 21.9 Å². The second-order valence-corrected chi connectivity index (χ2v) is 22.4. The molecule has 0 spiro atoms. The van der Waals surface area contributed by atoms with Crippen molar-refractivity contribution in [1.29, 1.82) is 0 Å². The average Bonchev–Trinajstić information content (AvgIpc) is 1.57. The molecule has 1 aliphatic heterocycles. The van der Waals surface area contributed by atoms with Crippen molar-refractivity contribution in [2.45, 2.75) is 134 Å². The standard InChI is InChI=1S/C57H86N16O18/c1-32(75)63-26-44(78)68-37(12-6-8-20-62-56(90)91-31-36-35-11-5-3-4-7-19-57(35,36)2)49(84)65-28-46(80)70-39(23-33-15-17-34(76)18-16-33)51(86)67-27-45(79)69-38(13-9-21-61-55(59)60)50(85)66-29-47(81)71-40(24-48(82)83)52(87)72-41(30-74)54(89)73-22-10-14-42(73)53(88)64-25-43(58)77/h3-4,15-18,35-42,74,76H,5-14,19-31H2,1-2H3,(H2,58,77)(H,62,90)(H,63,75)(H,64,88)(H,65,84)(H,66,85)(H,67,86)(H,68,78)(H,69,79)(H,70,80)(H,71,81)(H,72,87)(H,82,83)(H4,59,60,61)/b4-3+/t35?,36-,37+,38+,39+,40+,41+,42+,57-/m1/s1. The Labute approximate surface area is 524 Å². The lowest BCUT2D eigenvalue weighted by Gasteiger charge is -2.28. The van der Waals surface area contributed by atoms with Crippen molar-refractivity contribution in [1.82, 2.24) is 63.4 Å². The van der Waals surface area contributed by atoms with E-state index in [1.54, 1.807) is 0 Å². The summed E-state index contributed by atoms with van der Waals surface area (Å²) < 4.78 is 5.54. The van der Waals surface area contributed by atoms with E-state index >= 15 is 0 Å². The molecule has 2 aliphatic carbocycles. The van der Waals surface area contributed by atoms with Crippen LogP contribution in [0.15, 0.2) is 41.4 Å². The first-order valence-electron chi connectivity index (χ1n) is 29.8. The molecule has 1 aromatic carbocycles. The van der Waals surface area contributed by atoms with Gasteiger partial charge in [-0.25, -0.2) is 4.79 Å². The number of phenolic OH excluding ortho intramolecular Hbond substituents is 1. The van der Waals surface area contributed by atoms with Crippen molar-refractivity contribution >= 4 is 88.9 Å². The van der Waals surface area contributed by atoms with E-state index in [9.17, 15) is 82.4 Å². The minimum absolute atomic E-state index is 0.0207. The van der Waals surface area contributed by atoms with Crippen molar-refractivity contribution in [2.24, 2.45) is 39.4 Å². The highest BCUT2D eigenvalue weighted by molar-refractivity contribution is 5.98. The summed E-state index contributed by atoms with van der Waals surface area (Å²) in [5.74, 6) is -11.9. The number of fused-ring (bicyclic) bond motifs is 1. The molecule has 3 aliphatic rings. The summed E-state index contributed by atoms with van der Waals surface area (Å²) in [6, 6.07) is -3.26. The normalized spacial score (nSPS) is 19.1. The Hall–Kier alpha value is -9.63. The number of nitrogens with one attached hydrogen (secondary N) is 11. The van der Waals surface area contributed by atoms with Crippen molar-refractivity contribution in [3.05, 3.63) is 42.0 Å². The first-order chi connectivity index (χ1) is 43.2. The Kier molecular flexibility index (Phi) is 30.3. The minimum atomic E-state index is -1.89. The lowest BCUT2D eigenvalue weighted by molar-refractivity contribution is -0.144. The fourth-order valence-corrected chi connectivity index (χ4v) is 10.6. The lowest BCUT2D eigenvalue weighted by Crippen LogP contribution is -2.58. The summed E-state index contributed by atoms with van der Waals surface area (Å²) in [5, 5.41) is 55.6. The van der Waals surface area contributed by atoms with Crippen LogP contribution in [0.25, 0.3) is 0 Å². The van der Waals surface area contributed by atoms with Crippen molar-refractivity contribution in [3.8, 4) is 5.75 Å². The number of carbonyl (C=O) groups is 14. The molecule has 20 N–H and O–H groups in total. The topological polar surface area (TPSA) is 535 Å². The number of unbranched alkanes of at least 4 members (excludes halogenated alkanes) is 1. The maximum absolute atomic E-state index is 13.8. The predicted molar refractivity (Wildman–Crippen MR) is 321 cm³/mol. The van der Waals surface area contributed by atoms with E-state index in [1.165, 1.54) is 31.2 Å². The number of aliphatic hydroxyl groups excluding tert-OH is 1. The molecule has 0 aromatic heterocycles. The summed E-state index contributed by atoms with van der Waals surface area (Å²) in [5.41, 5.74) is 16.5. The number of ether oxygens (including phenoxy) is 1. The van der Waals surface area contributed by atoms with E-state index in [-0.39, 0.29) is 74.8 Å². The molecule has 34 nitrogen and oxygen atoms in total. The zero-order valence-corrected chi connectivity index (χ0v) is 50.9. The molecule has 34 heteroatoms. The Morgan fingerprint density at radius 1 is 0.659 bits per heavy atom. The fourth-order valence-electron chi connectivity index (χ4n) is 10.6. The second kappa shape index (κ2) is 37.4. The van der Waals surface area contributed by atoms with Crippen LogP contribution in [0.4, 0.5) is 4.79 Å². The number of allylic oxidation sites excluding steroid dienone is 2. The van der Waals surface area contributed by atoms with Crippen LogP contribution in [0.1, 0.15) is 96.5 Å². The van der Waals surface area contributed by atoms with Gasteiger partial charge in [-0.15, -0.1) is 0 Å². The molecule has 1 saturated carbocycles. The van der Waals surface area contributed by atoms with E-state index < -0.39 is 165 Å². The highest BCUT2D eigenvalue weighted by Gasteiger charge is 2.60. The summed E-state index contributed by atoms with van der Waals surface area (Å²) in [6.07, 6.45) is 7.69. The number of rotatable bonds is 37. The van der Waals surface area contributed by atoms with Crippen LogP contribution in [-0.2, 0) is 73.5 Å². The number of likely N-dealkylation sites (tertiary alicyclic amines) is 1. The van der Waals surface area contributed by atoms with Crippen LogP contribution in [0.3, 0.4) is 0 Å². The van der Waals surface area contributed by atoms with E-state index in [0.29, 0.717) is 37.4 Å². The molecule has 4 rings (SSSR count). The SMILES string of the molecule is CC(=O)NCC(=O)N[C@@H](CCCCNC(=O)OC[C@@H]1C2CC/C=C/CC[C@]21C)C(=O)NCC(=O)N[C@@H](Cc1ccc(O)cc1)C(=O)NCC(=O)N[C@@H](CCCN=C(N)N)C(=O)NCC(=O)N[C@@H](CC(=O)O)C(=O)N[C@@H](CO)C(=O)N1CCC[C@H]1C(=O)NCC(N)=O. The number of nitrogens with zero attached hydrogens (tertiary/aromatic N) is 2. The zero-order chi connectivity index (χ0) is 67.2. The van der Waals surface area contributed by atoms with E-state index in [2.05, 4.69) is 82.6 Å². The number of primary amides is 1. The van der Waals surface area contributed by atoms with Gasteiger partial charge in [0, 0.05) is 38.9 Å². The van der Waals surface area contributed by atoms with Gasteiger partial charge in [0.15, 0.2) is 5.96 Å². The highest BCUT2D eigenvalue weighted by Crippen LogP contribution is 2.64. The third kappa shape index (κ3) is 26.2. The number of aliphatic carboxylic acids is 1. The van der Waals surface area contributed by atoms with Crippen molar-refractivity contribution in [3.63, 3.8) is 0 Å². The van der Waals surface area contributed by atoms with Crippen molar-refractivity contribution < 1.29 is 87.2 Å². The number of aliphatic hydroxyl groups is 1. The zero-order valence-electron chi connectivity index (χ0n) is 50.9. The van der Waals surface area contributed by atoms with Gasteiger partial charge >= 0.3 is 12.1 Å². The molecule has 0 bridgehead atoms. The summed E-state index contributed by atoms with van der Waals surface area (Å²) in [6.45, 7) is -0.535. The minimum Gasteiger partial charge on any atom is -0.508 e. The van der Waals surface area contributed by atoms with E-state index in [1.807, 2.05) is 0 Å². The molecule has 502 valence electrons. The van der Waals surface area contributed by atoms with Crippen LogP contribution in [0, 0.1) is 17.3 Å². The Morgan fingerprint density at radius 3 is 1.79 bits per heavy atom. The number of carbonyl (C=O) groups excluding carboxylic acids is 13. The number of nitrogens with two attached hydrogens (primary N) is 3. The highest BCUT2D eigenvalue weighted by atomic mass is 16.5. The van der Waals surface area contributed by atoms with Gasteiger partial charge in [-0.2, -0.15) is 0 Å². The number of aliphatic imine (C=N–C) groups is 1. The number of hydrogen-bond donors (Lipinski definition) is 17. The van der Waals surface area contributed by atoms with Crippen LogP contribution in [0.2, 0.25) is 0 Å². The fraction of sp³-hybridized carbons (Fsp3) is 0.596. The van der Waals surface area contributed by atoms with Gasteiger partial charge in [0.1, 0.15) is 42.0 Å². The maximum Gasteiger partial charge on any atom is 0.407 e. The Morgan fingerprint density at radius 2 is 1.22 bits per heavy atom. The maximum atomic E-state index is 13.8. The monoisotopic (exact) mass is 1280 g/mol. The number of aromatic hydroxyl groups is 1. The molecule has 1 aromatic rings. The number of guanidine groups is 1. The number of amides is 13. The third-order valence-electron chi connectivity index (χ3n) is 15.5. The molecule has 1 saturated heterocycles. The van der Waals surface area contributed by atoms with Crippen LogP contribution >= 0.6 is 0 Å². The van der Waals surface area contributed by atoms with Gasteiger partial charge in [-0.05, 0) is 99.7 Å². The quantitative estimate of drug-likeness (QED) is 0.0128. The number of hydrogen-bond acceptors (Lipinski definition) is 18. The van der Waals surface area contributed by atoms with Gasteiger partial charge in [-0.3, -0.25) is 67.3 Å². The molecule has 9 atom stereocenters. The number of alkyl carbamates (subject to hydrolysis) is 1. The predicted octanol–water partition coefficient (Wildman–Crippen LogP) is -5.76. The smallest absolute Gasteiger partial charge is 0.407 e. The molecule has 1 unspecified atom stereocenters. The van der Waals surface area contributed by atoms with Gasteiger partial charge in [0.05, 0.1) is 52.4 Å². The third-order valence-corrected chi connectivity index (χ3v) is 15.5. The van der Waals surface area contributed by atoms with Crippen molar-refractivity contribution in [2.75, 3.05) is 65.6 Å². The Balaban J connectivity index is 1.34. The largest absolute Gasteiger partial charge is 0.508 e. The summed E-state index contributed by atoms with van der Waals surface area (Å²) in [7, 11) is 0.